The standard InChI is InChI=1S/C19H20ClN7O/c1-4-17(28)24-14-7-5-6-13(8-14)12(2)23-18-16(20)10-21-19(26-18)25-15-9-22-27(3)11-15/h4-12H,1H2,2-3H3,(H,24,28)(H2,21,23,25,26). The summed E-state index contributed by atoms with van der Waals surface area (Å²) < 4.78 is 1.68. The first-order valence-corrected chi connectivity index (χ1v) is 8.90. The van der Waals surface area contributed by atoms with Crippen LogP contribution in [0.25, 0.3) is 0 Å². The third kappa shape index (κ3) is 4.86. The number of nitrogens with one attached hydrogen (secondary N) is 3. The third-order valence-electron chi connectivity index (χ3n) is 3.90. The van der Waals surface area contributed by atoms with Gasteiger partial charge in [-0.15, -0.1) is 0 Å². The minimum atomic E-state index is -0.261. The monoisotopic (exact) mass is 397 g/mol. The first-order valence-electron chi connectivity index (χ1n) is 8.52. The molecule has 1 aromatic carbocycles. The van der Waals surface area contributed by atoms with Crippen LogP contribution in [-0.4, -0.2) is 25.7 Å². The van der Waals surface area contributed by atoms with Crippen LogP contribution in [-0.2, 0) is 11.8 Å². The zero-order chi connectivity index (χ0) is 20.1. The van der Waals surface area contributed by atoms with E-state index in [4.69, 9.17) is 11.6 Å². The van der Waals surface area contributed by atoms with E-state index in [-0.39, 0.29) is 11.9 Å². The van der Waals surface area contributed by atoms with Crippen LogP contribution in [0.1, 0.15) is 18.5 Å². The van der Waals surface area contributed by atoms with E-state index >= 15 is 0 Å². The van der Waals surface area contributed by atoms with Gasteiger partial charge in [0, 0.05) is 18.9 Å². The summed E-state index contributed by atoms with van der Waals surface area (Å²) in [6.07, 6.45) is 6.25. The molecule has 0 saturated heterocycles. The molecule has 3 aromatic rings. The summed E-state index contributed by atoms with van der Waals surface area (Å²) in [4.78, 5) is 20.1. The molecule has 3 rings (SSSR count). The summed E-state index contributed by atoms with van der Waals surface area (Å²) in [5.74, 6) is 0.637. The van der Waals surface area contributed by atoms with Gasteiger partial charge < -0.3 is 16.0 Å². The molecular formula is C19H20ClN7O. The van der Waals surface area contributed by atoms with E-state index in [0.717, 1.165) is 11.3 Å². The Hall–Kier alpha value is -3.39. The van der Waals surface area contributed by atoms with Gasteiger partial charge >= 0.3 is 0 Å². The number of aryl methyl sites for hydroxylation is 1. The van der Waals surface area contributed by atoms with Crippen LogP contribution >= 0.6 is 11.6 Å². The van der Waals surface area contributed by atoms with E-state index in [1.165, 1.54) is 12.3 Å². The van der Waals surface area contributed by atoms with E-state index < -0.39 is 0 Å². The number of aromatic nitrogens is 4. The summed E-state index contributed by atoms with van der Waals surface area (Å²) in [6, 6.07) is 7.39. The Morgan fingerprint density at radius 2 is 2.14 bits per heavy atom. The lowest BCUT2D eigenvalue weighted by Gasteiger charge is -2.17. The zero-order valence-corrected chi connectivity index (χ0v) is 16.2. The van der Waals surface area contributed by atoms with Crippen LogP contribution in [0.5, 0.6) is 0 Å². The second kappa shape index (κ2) is 8.53. The molecule has 0 aliphatic rings. The predicted molar refractivity (Wildman–Crippen MR) is 111 cm³/mol. The number of carbonyl (C=O) groups excluding carboxylic acids is 1. The Morgan fingerprint density at radius 3 is 2.86 bits per heavy atom. The Morgan fingerprint density at radius 1 is 1.32 bits per heavy atom. The molecule has 1 atom stereocenters. The van der Waals surface area contributed by atoms with E-state index in [2.05, 4.69) is 37.6 Å². The van der Waals surface area contributed by atoms with Crippen molar-refractivity contribution in [3.63, 3.8) is 0 Å². The molecule has 0 bridgehead atoms. The van der Waals surface area contributed by atoms with Crippen molar-refractivity contribution in [3.05, 3.63) is 66.1 Å². The van der Waals surface area contributed by atoms with Crippen molar-refractivity contribution >= 4 is 40.6 Å². The Bertz CT molecular complexity index is 1000. The number of halogens is 1. The minimum Gasteiger partial charge on any atom is -0.362 e. The van der Waals surface area contributed by atoms with Crippen molar-refractivity contribution in [2.45, 2.75) is 13.0 Å². The van der Waals surface area contributed by atoms with Crippen molar-refractivity contribution in [2.75, 3.05) is 16.0 Å². The van der Waals surface area contributed by atoms with Crippen molar-refractivity contribution in [1.82, 2.24) is 19.7 Å². The largest absolute Gasteiger partial charge is 0.362 e. The van der Waals surface area contributed by atoms with Gasteiger partial charge in [-0.2, -0.15) is 10.1 Å². The maximum absolute atomic E-state index is 11.5. The summed E-state index contributed by atoms with van der Waals surface area (Å²) in [6.45, 7) is 5.43. The van der Waals surface area contributed by atoms with Crippen LogP contribution in [0, 0.1) is 0 Å². The molecule has 2 heterocycles. The van der Waals surface area contributed by atoms with Crippen LogP contribution in [0.3, 0.4) is 0 Å². The lowest BCUT2D eigenvalue weighted by molar-refractivity contribution is -0.111. The molecule has 144 valence electrons. The second-order valence-corrected chi connectivity index (χ2v) is 6.51. The maximum atomic E-state index is 11.5. The number of rotatable bonds is 7. The molecule has 8 nitrogen and oxygen atoms in total. The molecule has 1 amide bonds. The van der Waals surface area contributed by atoms with Gasteiger partial charge in [0.05, 0.1) is 24.1 Å². The van der Waals surface area contributed by atoms with Crippen molar-refractivity contribution in [3.8, 4) is 0 Å². The van der Waals surface area contributed by atoms with E-state index in [9.17, 15) is 4.79 Å². The van der Waals surface area contributed by atoms with Gasteiger partial charge in [0.25, 0.3) is 0 Å². The molecule has 9 heteroatoms. The quantitative estimate of drug-likeness (QED) is 0.523. The molecule has 0 radical (unpaired) electrons. The number of hydrogen-bond donors (Lipinski definition) is 3. The molecule has 0 saturated carbocycles. The SMILES string of the molecule is C=CC(=O)Nc1cccc(C(C)Nc2nc(Nc3cnn(C)c3)ncc2Cl)c1. The average Bonchev–Trinajstić information content (AvgIpc) is 3.09. The lowest BCUT2D eigenvalue weighted by atomic mass is 10.1. The summed E-state index contributed by atoms with van der Waals surface area (Å²) in [5, 5.41) is 13.6. The first-order chi connectivity index (χ1) is 13.4. The number of nitrogens with zero attached hydrogens (tertiary/aromatic N) is 4. The van der Waals surface area contributed by atoms with Crippen LogP contribution in [0.4, 0.5) is 23.1 Å². The normalized spacial score (nSPS) is 11.5. The van der Waals surface area contributed by atoms with Gasteiger partial charge in [-0.1, -0.05) is 30.3 Å². The van der Waals surface area contributed by atoms with Crippen molar-refractivity contribution in [1.29, 1.82) is 0 Å². The van der Waals surface area contributed by atoms with E-state index in [1.54, 1.807) is 10.9 Å². The summed E-state index contributed by atoms with van der Waals surface area (Å²) >= 11 is 6.25. The Kier molecular flexibility index (Phi) is 5.90. The van der Waals surface area contributed by atoms with Crippen molar-refractivity contribution in [2.24, 2.45) is 7.05 Å². The molecular weight excluding hydrogens is 378 g/mol. The van der Waals surface area contributed by atoms with Crippen molar-refractivity contribution < 1.29 is 4.79 Å². The highest BCUT2D eigenvalue weighted by atomic mass is 35.5. The smallest absolute Gasteiger partial charge is 0.247 e. The third-order valence-corrected chi connectivity index (χ3v) is 4.17. The lowest BCUT2D eigenvalue weighted by Crippen LogP contribution is -2.11. The second-order valence-electron chi connectivity index (χ2n) is 6.10. The van der Waals surface area contributed by atoms with Gasteiger partial charge in [0.15, 0.2) is 5.82 Å². The highest BCUT2D eigenvalue weighted by Gasteiger charge is 2.12. The Labute approximate surface area is 167 Å². The maximum Gasteiger partial charge on any atom is 0.247 e. The van der Waals surface area contributed by atoms with E-state index in [0.29, 0.717) is 22.5 Å². The van der Waals surface area contributed by atoms with Gasteiger partial charge in [-0.3, -0.25) is 9.48 Å². The van der Waals surface area contributed by atoms with Gasteiger partial charge in [-0.25, -0.2) is 4.98 Å². The molecule has 0 spiro atoms. The van der Waals surface area contributed by atoms with Gasteiger partial charge in [0.2, 0.25) is 11.9 Å². The number of carbonyl (C=O) groups is 1. The fourth-order valence-corrected chi connectivity index (χ4v) is 2.66. The Balaban J connectivity index is 1.75. The van der Waals surface area contributed by atoms with Crippen LogP contribution in [0.2, 0.25) is 5.02 Å². The topological polar surface area (TPSA) is 96.8 Å². The fraction of sp³-hybridized carbons (Fsp3) is 0.158. The summed E-state index contributed by atoms with van der Waals surface area (Å²) in [7, 11) is 1.83. The molecule has 0 aliphatic heterocycles. The fourth-order valence-electron chi connectivity index (χ4n) is 2.51. The highest BCUT2D eigenvalue weighted by Crippen LogP contribution is 2.26. The molecule has 0 aliphatic carbocycles. The molecule has 3 N–H and O–H groups in total. The van der Waals surface area contributed by atoms with E-state index in [1.807, 2.05) is 44.4 Å². The van der Waals surface area contributed by atoms with Gasteiger partial charge in [-0.05, 0) is 30.7 Å². The van der Waals surface area contributed by atoms with Crippen LogP contribution in [0.15, 0.2) is 55.5 Å². The number of benzene rings is 1. The van der Waals surface area contributed by atoms with Gasteiger partial charge in [0.1, 0.15) is 5.02 Å². The number of amides is 1. The molecule has 1 unspecified atom stereocenters. The molecule has 28 heavy (non-hydrogen) atoms. The number of anilines is 4. The number of hydrogen-bond acceptors (Lipinski definition) is 6. The molecule has 2 aromatic heterocycles. The highest BCUT2D eigenvalue weighted by molar-refractivity contribution is 6.32. The minimum absolute atomic E-state index is 0.112. The predicted octanol–water partition coefficient (Wildman–Crippen LogP) is 3.90. The zero-order valence-electron chi connectivity index (χ0n) is 15.5. The first kappa shape index (κ1) is 19.4. The van der Waals surface area contributed by atoms with Crippen LogP contribution < -0.4 is 16.0 Å². The average molecular weight is 398 g/mol. The molecule has 0 fully saturated rings. The summed E-state index contributed by atoms with van der Waals surface area (Å²) in [5.41, 5.74) is 2.41.